The van der Waals surface area contributed by atoms with Gasteiger partial charge in [0.2, 0.25) is 5.91 Å². The Hall–Kier alpha value is -0.900. The Kier molecular flexibility index (Phi) is 5.19. The standard InChI is InChI=1S/C16H28N2O2/c1-12(2)15(19)13-6-10-18(11-7-13)16(20)14-4-8-17(3)9-5-14/h12-14H,4-11H2,1-3H3. The summed E-state index contributed by atoms with van der Waals surface area (Å²) in [4.78, 5) is 28.8. The first-order chi connectivity index (χ1) is 9.49. The maximum absolute atomic E-state index is 12.5. The van der Waals surface area contributed by atoms with E-state index in [-0.39, 0.29) is 17.8 Å². The SMILES string of the molecule is CC(C)C(=O)C1CCN(C(=O)C2CCN(C)CC2)CC1. The molecule has 2 rings (SSSR count). The van der Waals surface area contributed by atoms with E-state index < -0.39 is 0 Å². The Morgan fingerprint density at radius 3 is 1.90 bits per heavy atom. The zero-order chi connectivity index (χ0) is 14.7. The van der Waals surface area contributed by atoms with Gasteiger partial charge in [0.1, 0.15) is 5.78 Å². The molecule has 0 saturated carbocycles. The number of nitrogens with zero attached hydrogens (tertiary/aromatic N) is 2. The second-order valence-corrected chi connectivity index (χ2v) is 6.73. The first-order valence-electron chi connectivity index (χ1n) is 8.00. The van der Waals surface area contributed by atoms with Crippen LogP contribution in [0, 0.1) is 17.8 Å². The molecular weight excluding hydrogens is 252 g/mol. The van der Waals surface area contributed by atoms with Gasteiger partial charge in [0.25, 0.3) is 0 Å². The van der Waals surface area contributed by atoms with Gasteiger partial charge in [-0.1, -0.05) is 13.8 Å². The molecule has 0 atom stereocenters. The molecule has 1 amide bonds. The molecule has 2 aliphatic heterocycles. The Labute approximate surface area is 122 Å². The van der Waals surface area contributed by atoms with E-state index in [1.165, 1.54) is 0 Å². The minimum absolute atomic E-state index is 0.121. The van der Waals surface area contributed by atoms with E-state index >= 15 is 0 Å². The lowest BCUT2D eigenvalue weighted by Crippen LogP contribution is -2.46. The fraction of sp³-hybridized carbons (Fsp3) is 0.875. The van der Waals surface area contributed by atoms with Crippen molar-refractivity contribution >= 4 is 11.7 Å². The van der Waals surface area contributed by atoms with Crippen LogP contribution in [-0.4, -0.2) is 54.7 Å². The van der Waals surface area contributed by atoms with Gasteiger partial charge in [-0.2, -0.15) is 0 Å². The third-order valence-electron chi connectivity index (χ3n) is 4.85. The Bertz CT molecular complexity index is 351. The zero-order valence-corrected chi connectivity index (χ0v) is 13.1. The lowest BCUT2D eigenvalue weighted by molar-refractivity contribution is -0.140. The average molecular weight is 280 g/mol. The molecule has 0 unspecified atom stereocenters. The first kappa shape index (κ1) is 15.5. The van der Waals surface area contributed by atoms with Crippen LogP contribution in [0.15, 0.2) is 0 Å². The van der Waals surface area contributed by atoms with Gasteiger partial charge in [0, 0.05) is 30.8 Å². The van der Waals surface area contributed by atoms with Gasteiger partial charge in [0.05, 0.1) is 0 Å². The van der Waals surface area contributed by atoms with Crippen LogP contribution in [0.2, 0.25) is 0 Å². The van der Waals surface area contributed by atoms with Crippen LogP contribution in [0.1, 0.15) is 39.5 Å². The molecule has 0 aromatic heterocycles. The minimum Gasteiger partial charge on any atom is -0.342 e. The van der Waals surface area contributed by atoms with Crippen molar-refractivity contribution in [1.82, 2.24) is 9.80 Å². The summed E-state index contributed by atoms with van der Waals surface area (Å²) in [5, 5.41) is 0. The smallest absolute Gasteiger partial charge is 0.225 e. The van der Waals surface area contributed by atoms with Gasteiger partial charge in [-0.15, -0.1) is 0 Å². The maximum atomic E-state index is 12.5. The van der Waals surface area contributed by atoms with E-state index in [2.05, 4.69) is 11.9 Å². The molecule has 114 valence electrons. The summed E-state index contributed by atoms with van der Waals surface area (Å²) >= 11 is 0. The average Bonchev–Trinajstić information content (AvgIpc) is 2.46. The highest BCUT2D eigenvalue weighted by Gasteiger charge is 2.32. The van der Waals surface area contributed by atoms with E-state index in [4.69, 9.17) is 0 Å². The fourth-order valence-corrected chi connectivity index (χ4v) is 3.37. The van der Waals surface area contributed by atoms with Gasteiger partial charge in [-0.25, -0.2) is 0 Å². The van der Waals surface area contributed by atoms with Crippen LogP contribution in [0.4, 0.5) is 0 Å². The summed E-state index contributed by atoms with van der Waals surface area (Å²) in [6, 6.07) is 0. The van der Waals surface area contributed by atoms with E-state index in [0.717, 1.165) is 51.9 Å². The van der Waals surface area contributed by atoms with E-state index in [1.54, 1.807) is 0 Å². The van der Waals surface area contributed by atoms with Crippen molar-refractivity contribution in [3.05, 3.63) is 0 Å². The van der Waals surface area contributed by atoms with Crippen molar-refractivity contribution in [2.75, 3.05) is 33.2 Å². The molecular formula is C16H28N2O2. The number of carbonyl (C=O) groups excluding carboxylic acids is 2. The van der Waals surface area contributed by atoms with Crippen LogP contribution >= 0.6 is 0 Å². The minimum atomic E-state index is 0.121. The molecule has 0 spiro atoms. The van der Waals surface area contributed by atoms with Crippen LogP contribution in [0.25, 0.3) is 0 Å². The highest BCUT2D eigenvalue weighted by Crippen LogP contribution is 2.25. The molecule has 0 aliphatic carbocycles. The molecule has 4 nitrogen and oxygen atoms in total. The van der Waals surface area contributed by atoms with Crippen molar-refractivity contribution in [3.8, 4) is 0 Å². The predicted octanol–water partition coefficient (Wildman–Crippen LogP) is 1.79. The Morgan fingerprint density at radius 1 is 0.900 bits per heavy atom. The summed E-state index contributed by atoms with van der Waals surface area (Å²) in [6.45, 7) is 7.54. The van der Waals surface area contributed by atoms with Crippen LogP contribution in [-0.2, 0) is 9.59 Å². The third kappa shape index (κ3) is 3.60. The number of hydrogen-bond acceptors (Lipinski definition) is 3. The summed E-state index contributed by atoms with van der Waals surface area (Å²) in [5.74, 6) is 1.21. The normalized spacial score (nSPS) is 23.3. The largest absolute Gasteiger partial charge is 0.342 e. The van der Waals surface area contributed by atoms with Crippen molar-refractivity contribution in [3.63, 3.8) is 0 Å². The number of ketones is 1. The number of amides is 1. The molecule has 2 aliphatic rings. The molecule has 0 N–H and O–H groups in total. The van der Waals surface area contributed by atoms with Crippen molar-refractivity contribution < 1.29 is 9.59 Å². The van der Waals surface area contributed by atoms with Gasteiger partial charge < -0.3 is 9.80 Å². The highest BCUT2D eigenvalue weighted by atomic mass is 16.2. The number of carbonyl (C=O) groups is 2. The first-order valence-corrected chi connectivity index (χ1v) is 8.00. The quantitative estimate of drug-likeness (QED) is 0.791. The van der Waals surface area contributed by atoms with E-state index in [9.17, 15) is 9.59 Å². The van der Waals surface area contributed by atoms with Crippen LogP contribution in [0.5, 0.6) is 0 Å². The van der Waals surface area contributed by atoms with E-state index in [1.807, 2.05) is 18.7 Å². The molecule has 2 fully saturated rings. The van der Waals surface area contributed by atoms with Gasteiger partial charge >= 0.3 is 0 Å². The van der Waals surface area contributed by atoms with Crippen molar-refractivity contribution in [1.29, 1.82) is 0 Å². The zero-order valence-electron chi connectivity index (χ0n) is 13.1. The molecule has 4 heteroatoms. The third-order valence-corrected chi connectivity index (χ3v) is 4.85. The molecule has 0 aromatic rings. The maximum Gasteiger partial charge on any atom is 0.225 e. The van der Waals surface area contributed by atoms with Crippen molar-refractivity contribution in [2.45, 2.75) is 39.5 Å². The molecule has 2 saturated heterocycles. The van der Waals surface area contributed by atoms with E-state index in [0.29, 0.717) is 11.7 Å². The Morgan fingerprint density at radius 2 is 1.40 bits per heavy atom. The molecule has 0 radical (unpaired) electrons. The van der Waals surface area contributed by atoms with Gasteiger partial charge in [0.15, 0.2) is 0 Å². The number of piperidine rings is 2. The summed E-state index contributed by atoms with van der Waals surface area (Å²) in [7, 11) is 2.11. The fourth-order valence-electron chi connectivity index (χ4n) is 3.37. The van der Waals surface area contributed by atoms with Crippen molar-refractivity contribution in [2.24, 2.45) is 17.8 Å². The lowest BCUT2D eigenvalue weighted by Gasteiger charge is -2.36. The molecule has 20 heavy (non-hydrogen) atoms. The lowest BCUT2D eigenvalue weighted by atomic mass is 9.86. The number of hydrogen-bond donors (Lipinski definition) is 0. The summed E-state index contributed by atoms with van der Waals surface area (Å²) in [5.41, 5.74) is 0. The topological polar surface area (TPSA) is 40.6 Å². The second-order valence-electron chi connectivity index (χ2n) is 6.73. The monoisotopic (exact) mass is 280 g/mol. The van der Waals surface area contributed by atoms with Gasteiger partial charge in [-0.05, 0) is 45.8 Å². The second kappa shape index (κ2) is 6.70. The number of likely N-dealkylation sites (tertiary alicyclic amines) is 2. The number of rotatable bonds is 3. The molecule has 2 heterocycles. The summed E-state index contributed by atoms with van der Waals surface area (Å²) < 4.78 is 0. The van der Waals surface area contributed by atoms with Crippen LogP contribution in [0.3, 0.4) is 0 Å². The predicted molar refractivity (Wildman–Crippen MR) is 79.4 cm³/mol. The summed E-state index contributed by atoms with van der Waals surface area (Å²) in [6.07, 6.45) is 3.69. The number of Topliss-reactive ketones (excluding diaryl/α,β-unsaturated/α-hetero) is 1. The Balaban J connectivity index is 1.81. The van der Waals surface area contributed by atoms with Crippen LogP contribution < -0.4 is 0 Å². The molecule has 0 aromatic carbocycles. The highest BCUT2D eigenvalue weighted by molar-refractivity contribution is 5.83. The van der Waals surface area contributed by atoms with Gasteiger partial charge in [-0.3, -0.25) is 9.59 Å². The molecule has 0 bridgehead atoms.